The predicted octanol–water partition coefficient (Wildman–Crippen LogP) is 7.81. The number of hydrogen-bond acceptors (Lipinski definition) is 4. The lowest BCUT2D eigenvalue weighted by Gasteiger charge is -2.62. The third-order valence-electron chi connectivity index (χ3n) is 12.0. The van der Waals surface area contributed by atoms with Crippen molar-refractivity contribution in [2.45, 2.75) is 119 Å². The molecule has 7 atom stereocenters. The quantitative estimate of drug-likeness (QED) is 0.213. The maximum absolute atomic E-state index is 11.8. The summed E-state index contributed by atoms with van der Waals surface area (Å²) >= 11 is 0. The third-order valence-corrected chi connectivity index (χ3v) is 12.0. The van der Waals surface area contributed by atoms with Crippen molar-refractivity contribution in [1.29, 1.82) is 0 Å². The summed E-state index contributed by atoms with van der Waals surface area (Å²) in [6, 6.07) is 0. The molecule has 2 saturated carbocycles. The van der Waals surface area contributed by atoms with Gasteiger partial charge in [-0.15, -0.1) is 0 Å². The highest BCUT2D eigenvalue weighted by Gasteiger charge is 2.63. The zero-order valence-corrected chi connectivity index (χ0v) is 24.2. The molecule has 36 heavy (non-hydrogen) atoms. The Labute approximate surface area is 219 Å². The Morgan fingerprint density at radius 1 is 1.00 bits per heavy atom. The van der Waals surface area contributed by atoms with E-state index in [-0.39, 0.29) is 34.3 Å². The molecule has 0 radical (unpaired) electrons. The normalized spacial score (nSPS) is 40.3. The summed E-state index contributed by atoms with van der Waals surface area (Å²) in [6.45, 7) is 16.5. The van der Waals surface area contributed by atoms with Crippen LogP contribution in [0.4, 0.5) is 0 Å². The van der Waals surface area contributed by atoms with Gasteiger partial charge in [-0.2, -0.15) is 0 Å². The molecule has 4 nitrogen and oxygen atoms in total. The van der Waals surface area contributed by atoms with E-state index in [4.69, 9.17) is 9.47 Å². The summed E-state index contributed by atoms with van der Waals surface area (Å²) in [6.07, 6.45) is 15.3. The topological polar surface area (TPSA) is 52.6 Å². The number of ether oxygens (including phenoxy) is 2. The molecule has 4 aliphatic rings. The first kappa shape index (κ1) is 27.5. The molecular formula is C32H50O4. The SMILES string of the molecule is COC(=O)/C=C/CC[C@@H](C)[C@H]1CC[C@@]2(C)C3=C(CC[C@]12C)[C@@]1(C)CC[C@H](OC(C)=O)C(C)(C)[C@@H]1CC3. The van der Waals surface area contributed by atoms with Crippen LogP contribution in [0.1, 0.15) is 113 Å². The van der Waals surface area contributed by atoms with Crippen LogP contribution in [0.15, 0.2) is 23.3 Å². The van der Waals surface area contributed by atoms with Gasteiger partial charge in [-0.1, -0.05) is 58.8 Å². The fourth-order valence-corrected chi connectivity index (χ4v) is 9.83. The van der Waals surface area contributed by atoms with E-state index >= 15 is 0 Å². The van der Waals surface area contributed by atoms with Crippen LogP contribution in [-0.2, 0) is 19.1 Å². The van der Waals surface area contributed by atoms with Crippen LogP contribution in [0.25, 0.3) is 0 Å². The minimum Gasteiger partial charge on any atom is -0.466 e. The molecule has 0 N–H and O–H groups in total. The largest absolute Gasteiger partial charge is 0.466 e. The number of carbonyl (C=O) groups is 2. The summed E-state index contributed by atoms with van der Waals surface area (Å²) in [5.74, 6) is 1.53. The standard InChI is InChI=1S/C32H50O4/c1-21(11-9-10-12-28(34)35-8)23-15-19-32(7)25-13-14-26-29(3,4)27(36-22(2)33)17-18-30(26,5)24(25)16-20-31(23,32)6/h10,12,21,23,26-27H,9,11,13-20H2,1-8H3/b12-10+/t21-,23-,26+,27+,30-,31-,32+/m1/s1. The number of allylic oxidation sites excluding steroid dienone is 3. The number of hydrogen-bond donors (Lipinski definition) is 0. The first-order chi connectivity index (χ1) is 16.8. The number of esters is 2. The summed E-state index contributed by atoms with van der Waals surface area (Å²) in [5.41, 5.74) is 4.43. The molecule has 0 aromatic heterocycles. The summed E-state index contributed by atoms with van der Waals surface area (Å²) in [4.78, 5) is 23.2. The van der Waals surface area contributed by atoms with Gasteiger partial charge in [0.25, 0.3) is 0 Å². The van der Waals surface area contributed by atoms with Crippen molar-refractivity contribution in [3.05, 3.63) is 23.3 Å². The van der Waals surface area contributed by atoms with Crippen LogP contribution in [0, 0.1) is 39.4 Å². The Morgan fingerprint density at radius 2 is 1.72 bits per heavy atom. The molecule has 202 valence electrons. The lowest BCUT2D eigenvalue weighted by atomic mass is 9.43. The zero-order chi connectivity index (χ0) is 26.5. The highest BCUT2D eigenvalue weighted by atomic mass is 16.5. The Bertz CT molecular complexity index is 944. The minimum atomic E-state index is -0.260. The highest BCUT2D eigenvalue weighted by Crippen LogP contribution is 2.72. The first-order valence-electron chi connectivity index (χ1n) is 14.5. The van der Waals surface area contributed by atoms with Crippen LogP contribution in [-0.4, -0.2) is 25.2 Å². The molecule has 0 unspecified atom stereocenters. The molecule has 4 rings (SSSR count). The van der Waals surface area contributed by atoms with Crippen molar-refractivity contribution in [2.24, 2.45) is 39.4 Å². The van der Waals surface area contributed by atoms with Crippen LogP contribution in [0.3, 0.4) is 0 Å². The van der Waals surface area contributed by atoms with Gasteiger partial charge in [0, 0.05) is 18.4 Å². The second-order valence-corrected chi connectivity index (χ2v) is 13.8. The molecule has 0 amide bonds. The van der Waals surface area contributed by atoms with E-state index in [1.807, 2.05) is 6.08 Å². The average molecular weight is 499 g/mol. The highest BCUT2D eigenvalue weighted by molar-refractivity contribution is 5.81. The Hall–Kier alpha value is -1.58. The molecule has 0 saturated heterocycles. The van der Waals surface area contributed by atoms with Gasteiger partial charge < -0.3 is 9.47 Å². The summed E-state index contributed by atoms with van der Waals surface area (Å²) in [7, 11) is 1.43. The average Bonchev–Trinajstić information content (AvgIpc) is 3.09. The van der Waals surface area contributed by atoms with E-state index in [1.165, 1.54) is 45.6 Å². The van der Waals surface area contributed by atoms with Crippen molar-refractivity contribution in [3.63, 3.8) is 0 Å². The smallest absolute Gasteiger partial charge is 0.330 e. The molecule has 2 fully saturated rings. The molecule has 0 aliphatic heterocycles. The molecule has 0 aromatic carbocycles. The zero-order valence-electron chi connectivity index (χ0n) is 24.2. The molecule has 0 bridgehead atoms. The lowest BCUT2D eigenvalue weighted by Crippen LogP contribution is -2.55. The van der Waals surface area contributed by atoms with Crippen LogP contribution in [0.2, 0.25) is 0 Å². The van der Waals surface area contributed by atoms with Gasteiger partial charge in [0.2, 0.25) is 0 Å². The molecule has 4 aliphatic carbocycles. The van der Waals surface area contributed by atoms with E-state index in [2.05, 4.69) is 41.5 Å². The van der Waals surface area contributed by atoms with E-state index in [0.29, 0.717) is 17.3 Å². The van der Waals surface area contributed by atoms with Crippen LogP contribution < -0.4 is 0 Å². The number of methoxy groups -OCH3 is 1. The van der Waals surface area contributed by atoms with Gasteiger partial charge in [-0.3, -0.25) is 4.79 Å². The van der Waals surface area contributed by atoms with Crippen molar-refractivity contribution >= 4 is 11.9 Å². The van der Waals surface area contributed by atoms with Crippen LogP contribution in [0.5, 0.6) is 0 Å². The fourth-order valence-electron chi connectivity index (χ4n) is 9.83. The van der Waals surface area contributed by atoms with E-state index < -0.39 is 0 Å². The first-order valence-corrected chi connectivity index (χ1v) is 14.5. The van der Waals surface area contributed by atoms with Gasteiger partial charge in [0.1, 0.15) is 6.10 Å². The Balaban J connectivity index is 1.57. The Kier molecular flexibility index (Phi) is 7.34. The number of carbonyl (C=O) groups excluding carboxylic acids is 2. The third kappa shape index (κ3) is 4.19. The number of fused-ring (bicyclic) bond motifs is 4. The summed E-state index contributed by atoms with van der Waals surface area (Å²) in [5, 5.41) is 0. The van der Waals surface area contributed by atoms with Crippen molar-refractivity contribution in [3.8, 4) is 0 Å². The van der Waals surface area contributed by atoms with E-state index in [9.17, 15) is 9.59 Å². The maximum atomic E-state index is 11.8. The maximum Gasteiger partial charge on any atom is 0.330 e. The molecular weight excluding hydrogens is 448 g/mol. The summed E-state index contributed by atoms with van der Waals surface area (Å²) < 4.78 is 10.6. The van der Waals surface area contributed by atoms with E-state index in [1.54, 1.807) is 24.1 Å². The number of rotatable bonds is 6. The van der Waals surface area contributed by atoms with E-state index in [0.717, 1.165) is 31.6 Å². The van der Waals surface area contributed by atoms with Gasteiger partial charge >= 0.3 is 11.9 Å². The van der Waals surface area contributed by atoms with Gasteiger partial charge in [0.15, 0.2) is 0 Å². The Morgan fingerprint density at radius 3 is 2.39 bits per heavy atom. The second kappa shape index (κ2) is 9.62. The van der Waals surface area contributed by atoms with Crippen molar-refractivity contribution in [1.82, 2.24) is 0 Å². The molecule has 4 heteroatoms. The second-order valence-electron chi connectivity index (χ2n) is 13.8. The van der Waals surface area contributed by atoms with Gasteiger partial charge in [-0.25, -0.2) is 4.79 Å². The van der Waals surface area contributed by atoms with Gasteiger partial charge in [0.05, 0.1) is 7.11 Å². The molecule has 0 aromatic rings. The molecule has 0 heterocycles. The lowest BCUT2D eigenvalue weighted by molar-refractivity contribution is -0.167. The van der Waals surface area contributed by atoms with Gasteiger partial charge in [-0.05, 0) is 98.2 Å². The van der Waals surface area contributed by atoms with Crippen LogP contribution >= 0.6 is 0 Å². The monoisotopic (exact) mass is 498 g/mol. The predicted molar refractivity (Wildman–Crippen MR) is 144 cm³/mol. The van der Waals surface area contributed by atoms with Crippen molar-refractivity contribution < 1.29 is 19.1 Å². The minimum absolute atomic E-state index is 0.00327. The van der Waals surface area contributed by atoms with Crippen molar-refractivity contribution in [2.75, 3.05) is 7.11 Å². The molecule has 0 spiro atoms. The fraction of sp³-hybridized carbons (Fsp3) is 0.812.